The summed E-state index contributed by atoms with van der Waals surface area (Å²) in [6, 6.07) is 19.0. The van der Waals surface area contributed by atoms with Crippen LogP contribution in [0.2, 0.25) is 5.02 Å². The monoisotopic (exact) mass is 960 g/mol. The van der Waals surface area contributed by atoms with E-state index in [1.54, 1.807) is 31.2 Å². The molecule has 0 bridgehead atoms. The number of carboxylic acids is 2. The van der Waals surface area contributed by atoms with Crippen molar-refractivity contribution < 1.29 is 80.9 Å². The van der Waals surface area contributed by atoms with Crippen LogP contribution in [0.3, 0.4) is 0 Å². The van der Waals surface area contributed by atoms with Gasteiger partial charge in [-0.2, -0.15) is 0 Å². The first-order chi connectivity index (χ1) is 28.5. The molecule has 12 nitrogen and oxygen atoms in total. The number of sulfonamides is 2. The van der Waals surface area contributed by atoms with Gasteiger partial charge >= 0.3 is 11.9 Å². The number of unbranched alkanes of at least 4 members (excludes halogenated alkanes) is 6. The van der Waals surface area contributed by atoms with E-state index >= 15 is 0 Å². The minimum atomic E-state index is -3.89. The van der Waals surface area contributed by atoms with E-state index in [1.165, 1.54) is 47.0 Å². The number of carbonyl (C=O) groups is 2. The van der Waals surface area contributed by atoms with Crippen LogP contribution in [0.15, 0.2) is 82.6 Å². The summed E-state index contributed by atoms with van der Waals surface area (Å²) in [4.78, 5) is 21.3. The molecule has 0 fully saturated rings. The van der Waals surface area contributed by atoms with E-state index in [4.69, 9.17) is 21.8 Å². The average molecular weight is 962 g/mol. The number of carboxylic acid groups (broad SMARTS) is 2. The number of benzene rings is 4. The summed E-state index contributed by atoms with van der Waals surface area (Å²) in [7, 11) is -4.67. The van der Waals surface area contributed by atoms with Crippen LogP contribution < -0.4 is 44.1 Å². The summed E-state index contributed by atoms with van der Waals surface area (Å²) in [5.41, 5.74) is 3.89. The number of nitrogens with two attached hydrogens (primary N) is 2. The zero-order valence-corrected chi connectivity index (χ0v) is 38.6. The minimum Gasteiger partial charge on any atom is -1.00 e. The maximum atomic E-state index is 14.5. The molecule has 0 amide bonds. The molecule has 62 heavy (non-hydrogen) atoms. The predicted molar refractivity (Wildman–Crippen MR) is 225 cm³/mol. The molecule has 0 radical (unpaired) electrons. The third kappa shape index (κ3) is 12.2. The molecule has 340 valence electrons. The molecule has 4 aromatic rings. The lowest BCUT2D eigenvalue weighted by atomic mass is 9.95. The average Bonchev–Trinajstić information content (AvgIpc) is 3.31. The van der Waals surface area contributed by atoms with Gasteiger partial charge in [0, 0.05) is 49.2 Å². The second-order valence-corrected chi connectivity index (χ2v) is 19.4. The number of nitrogens with zero attached hydrogens (tertiary/aromatic N) is 2. The van der Waals surface area contributed by atoms with Crippen molar-refractivity contribution in [2.24, 2.45) is 0 Å². The molecule has 2 unspecified atom stereocenters. The highest BCUT2D eigenvalue weighted by Crippen LogP contribution is 2.41. The second-order valence-electron chi connectivity index (χ2n) is 15.1. The van der Waals surface area contributed by atoms with Crippen LogP contribution in [0.25, 0.3) is 0 Å². The molecule has 2 aliphatic heterocycles. The van der Waals surface area contributed by atoms with Gasteiger partial charge in [0.15, 0.2) is 0 Å². The van der Waals surface area contributed by atoms with Crippen LogP contribution in [-0.4, -0.2) is 66.2 Å². The first-order valence-corrected chi connectivity index (χ1v) is 23.3. The fraction of sp³-hybridized carbons (Fsp3) is 0.395. The Balaban J connectivity index is 0.000000320. The van der Waals surface area contributed by atoms with E-state index < -0.39 is 49.7 Å². The lowest BCUT2D eigenvalue weighted by Crippen LogP contribution is -3.00. The first kappa shape index (κ1) is 52.3. The molecule has 0 aliphatic carbocycles. The number of hydrogen-bond acceptors (Lipinski definition) is 6. The number of aryl methyl sites for hydroxylation is 1. The Morgan fingerprint density at radius 1 is 0.613 bits per heavy atom. The summed E-state index contributed by atoms with van der Waals surface area (Å²) in [5.74, 6) is -2.65. The van der Waals surface area contributed by atoms with Crippen molar-refractivity contribution in [2.75, 3.05) is 35.8 Å². The third-order valence-electron chi connectivity index (χ3n) is 11.0. The van der Waals surface area contributed by atoms with Crippen LogP contribution in [0.5, 0.6) is 0 Å². The number of halogens is 5. The second kappa shape index (κ2) is 23.1. The van der Waals surface area contributed by atoms with Gasteiger partial charge in [-0.25, -0.2) is 25.6 Å². The van der Waals surface area contributed by atoms with Gasteiger partial charge in [-0.1, -0.05) is 60.8 Å². The Bertz CT molecular complexity index is 2260. The quantitative estimate of drug-likeness (QED) is 0.116. The minimum absolute atomic E-state index is 0. The topological polar surface area (TPSA) is 183 Å². The Hall–Kier alpha value is -4.03. The van der Waals surface area contributed by atoms with Gasteiger partial charge in [-0.05, 0) is 87.4 Å². The molecule has 2 aliphatic rings. The van der Waals surface area contributed by atoms with Crippen LogP contribution >= 0.6 is 11.6 Å². The van der Waals surface area contributed by atoms with E-state index in [1.807, 2.05) is 29.6 Å². The highest BCUT2D eigenvalue weighted by atomic mass is 35.5. The number of anilines is 2. The van der Waals surface area contributed by atoms with Crippen molar-refractivity contribution in [3.63, 3.8) is 0 Å². The number of fused-ring (bicyclic) bond motifs is 4. The van der Waals surface area contributed by atoms with Crippen molar-refractivity contribution in [3.05, 3.63) is 117 Å². The smallest absolute Gasteiger partial charge is 0.303 e. The Morgan fingerprint density at radius 3 is 1.44 bits per heavy atom. The van der Waals surface area contributed by atoms with Crippen LogP contribution in [-0.2, 0) is 29.6 Å². The Morgan fingerprint density at radius 2 is 1.00 bits per heavy atom. The van der Waals surface area contributed by atoms with Crippen LogP contribution in [0.1, 0.15) is 104 Å². The standard InChI is InChI=1S/C22H27FN2O4S.C21H24ClFN2O4S.2ClH/c1-15-13-20-17(14-18(15)23)22(24-12-8-4-3-5-11-21(26)27)16-9-6-7-10-19(16)25(2)30(20,28)29;1-25-18-9-6-5-8-14(18)21(24-11-7-3-2-4-10-20(26)27)15-12-17(23)16(22)13-19(15)30(25,28)29;;/h6-7,9-10,13-14,22,24H,3-5,8,11-12H2,1-2H3,(H,26,27);5-6,8-9,12-13,21,24H,2-4,7,10-11H2,1H3,(H,26,27);2*1H. The Labute approximate surface area is 380 Å². The first-order valence-electron chi connectivity index (χ1n) is 20.0. The lowest BCUT2D eigenvalue weighted by molar-refractivity contribution is -0.687. The van der Waals surface area contributed by atoms with E-state index in [9.17, 15) is 35.2 Å². The van der Waals surface area contributed by atoms with Gasteiger partial charge in [0.2, 0.25) is 0 Å². The molecule has 2 atom stereocenters. The maximum Gasteiger partial charge on any atom is 0.303 e. The van der Waals surface area contributed by atoms with Gasteiger partial charge in [0.05, 0.1) is 39.3 Å². The molecule has 0 aromatic heterocycles. The Kier molecular flexibility index (Phi) is 19.5. The number of aliphatic carboxylic acids is 2. The summed E-state index contributed by atoms with van der Waals surface area (Å²) in [6.07, 6.45) is 6.76. The van der Waals surface area contributed by atoms with Crippen molar-refractivity contribution in [3.8, 4) is 0 Å². The normalized spacial score (nSPS) is 16.6. The van der Waals surface area contributed by atoms with Crippen molar-refractivity contribution >= 4 is 55.0 Å². The van der Waals surface area contributed by atoms with E-state index in [-0.39, 0.29) is 58.5 Å². The molecule has 0 spiro atoms. The number of para-hydroxylation sites is 2. The SMILES string of the molecule is CN1c2ccccc2C([NH2+]CCCCCCC(=O)O)c2cc(F)c(Cl)cc2S1(=O)=O.Cc1cc2c(cc1F)C([NH2+]CCCCCCC(=O)O)c1ccccc1N(C)S2(=O)=O.[Cl-].[Cl-]. The summed E-state index contributed by atoms with van der Waals surface area (Å²) in [6.45, 7) is 2.99. The molecule has 19 heteroatoms. The molecule has 0 saturated carbocycles. The van der Waals surface area contributed by atoms with Crippen molar-refractivity contribution in [1.29, 1.82) is 0 Å². The van der Waals surface area contributed by atoms with Crippen molar-refractivity contribution in [1.82, 2.24) is 0 Å². The third-order valence-corrected chi connectivity index (χ3v) is 15.0. The summed E-state index contributed by atoms with van der Waals surface area (Å²) >= 11 is 5.92. The highest BCUT2D eigenvalue weighted by Gasteiger charge is 2.39. The van der Waals surface area contributed by atoms with E-state index in [0.717, 1.165) is 56.2 Å². The highest BCUT2D eigenvalue weighted by molar-refractivity contribution is 7.93. The lowest BCUT2D eigenvalue weighted by Gasteiger charge is -2.20. The summed E-state index contributed by atoms with van der Waals surface area (Å²) < 4.78 is 84.1. The zero-order valence-electron chi connectivity index (χ0n) is 34.7. The number of quaternary nitrogens is 2. The zero-order chi connectivity index (χ0) is 43.8. The van der Waals surface area contributed by atoms with E-state index in [2.05, 4.69) is 5.32 Å². The maximum absolute atomic E-state index is 14.5. The van der Waals surface area contributed by atoms with Crippen molar-refractivity contribution in [2.45, 2.75) is 93.0 Å². The number of rotatable bonds is 16. The fourth-order valence-corrected chi connectivity index (χ4v) is 11.0. The molecular formula is C43H53Cl3F2N4O8S2. The molecule has 0 saturated heterocycles. The largest absolute Gasteiger partial charge is 1.00 e. The van der Waals surface area contributed by atoms with E-state index in [0.29, 0.717) is 47.5 Å². The van der Waals surface area contributed by atoms with Crippen LogP contribution in [0.4, 0.5) is 20.2 Å². The molecule has 6 N–H and O–H groups in total. The molecule has 6 rings (SSSR count). The molecule has 4 aromatic carbocycles. The molecule has 2 heterocycles. The summed E-state index contributed by atoms with van der Waals surface area (Å²) in [5, 5.41) is 21.3. The van der Waals surface area contributed by atoms with Crippen LogP contribution in [0, 0.1) is 18.6 Å². The van der Waals surface area contributed by atoms with Gasteiger partial charge in [-0.15, -0.1) is 0 Å². The van der Waals surface area contributed by atoms with Gasteiger partial charge in [0.25, 0.3) is 20.0 Å². The predicted octanol–water partition coefficient (Wildman–Crippen LogP) is 0.274. The van der Waals surface area contributed by atoms with Gasteiger partial charge in [0.1, 0.15) is 23.7 Å². The number of hydrogen-bond donors (Lipinski definition) is 4. The van der Waals surface area contributed by atoms with Gasteiger partial charge < -0.3 is 45.7 Å². The fourth-order valence-electron chi connectivity index (χ4n) is 7.74. The van der Waals surface area contributed by atoms with Gasteiger partial charge in [-0.3, -0.25) is 18.2 Å². The molecular weight excluding hydrogens is 909 g/mol.